The van der Waals surface area contributed by atoms with Crippen LogP contribution in [0.3, 0.4) is 0 Å². The molecule has 0 aliphatic rings. The molecule has 2 aromatic carbocycles. The van der Waals surface area contributed by atoms with Crippen LogP contribution in [0.4, 0.5) is 4.39 Å². The molecule has 0 saturated carbocycles. The van der Waals surface area contributed by atoms with E-state index in [1.54, 1.807) is 46.5 Å². The van der Waals surface area contributed by atoms with Gasteiger partial charge >= 0.3 is 0 Å². The van der Waals surface area contributed by atoms with Crippen molar-refractivity contribution in [2.24, 2.45) is 4.99 Å². The van der Waals surface area contributed by atoms with E-state index in [9.17, 15) is 4.39 Å². The molecule has 0 heterocycles. The first-order valence-corrected chi connectivity index (χ1v) is 9.08. The number of hydrogen-bond acceptors (Lipinski definition) is 4. The molecule has 0 aromatic heterocycles. The van der Waals surface area contributed by atoms with Crippen LogP contribution in [0.1, 0.15) is 23.6 Å². The summed E-state index contributed by atoms with van der Waals surface area (Å²) in [5, 5.41) is 6.49. The fourth-order valence-corrected chi connectivity index (χ4v) is 2.73. The van der Waals surface area contributed by atoms with Crippen molar-refractivity contribution in [3.05, 3.63) is 52.8 Å². The Bertz CT molecular complexity index is 831. The normalized spacial score (nSPS) is 10.8. The summed E-state index contributed by atoms with van der Waals surface area (Å²) in [6, 6.07) is 8.68. The standard InChI is InChI=1S/C21H28FN3O3.HI/c1-6-23-21(24-12-15-7-8-17(22)14(2)9-15)25-13-16-10-19(27-4)20(28-5)11-18(16)26-3;/h7-11H,6,12-13H2,1-5H3,(H2,23,24,25);1H. The Morgan fingerprint density at radius 3 is 2.21 bits per heavy atom. The highest BCUT2D eigenvalue weighted by Gasteiger charge is 2.12. The summed E-state index contributed by atoms with van der Waals surface area (Å²) in [6.45, 7) is 5.39. The van der Waals surface area contributed by atoms with Gasteiger partial charge in [0.05, 0.1) is 27.9 Å². The van der Waals surface area contributed by atoms with Crippen molar-refractivity contribution in [3.8, 4) is 17.2 Å². The molecule has 0 amide bonds. The van der Waals surface area contributed by atoms with Gasteiger partial charge in [-0.25, -0.2) is 9.38 Å². The minimum absolute atomic E-state index is 0. The Morgan fingerprint density at radius 1 is 0.966 bits per heavy atom. The molecule has 0 aliphatic carbocycles. The number of methoxy groups -OCH3 is 3. The van der Waals surface area contributed by atoms with E-state index in [1.165, 1.54) is 6.07 Å². The van der Waals surface area contributed by atoms with Gasteiger partial charge in [-0.05, 0) is 37.1 Å². The summed E-state index contributed by atoms with van der Waals surface area (Å²) in [5.74, 6) is 2.37. The molecule has 0 fully saturated rings. The third-order valence-corrected chi connectivity index (χ3v) is 4.22. The maximum Gasteiger partial charge on any atom is 0.191 e. The van der Waals surface area contributed by atoms with Gasteiger partial charge in [-0.2, -0.15) is 0 Å². The zero-order chi connectivity index (χ0) is 20.5. The molecular weight excluding hydrogens is 488 g/mol. The molecule has 0 atom stereocenters. The number of nitrogens with zero attached hydrogens (tertiary/aromatic N) is 1. The zero-order valence-corrected chi connectivity index (χ0v) is 19.8. The smallest absolute Gasteiger partial charge is 0.191 e. The SMILES string of the molecule is CCNC(=NCc1ccc(F)c(C)c1)NCc1cc(OC)c(OC)cc1OC.I. The fraction of sp³-hybridized carbons (Fsp3) is 0.381. The Hall–Kier alpha value is -2.23. The van der Waals surface area contributed by atoms with Gasteiger partial charge in [-0.15, -0.1) is 24.0 Å². The van der Waals surface area contributed by atoms with Crippen molar-refractivity contribution < 1.29 is 18.6 Å². The Kier molecular flexibility index (Phi) is 10.6. The van der Waals surface area contributed by atoms with E-state index < -0.39 is 0 Å². The van der Waals surface area contributed by atoms with Crippen molar-refractivity contribution in [1.29, 1.82) is 0 Å². The number of halogens is 2. The summed E-state index contributed by atoms with van der Waals surface area (Å²) in [6.07, 6.45) is 0. The van der Waals surface area contributed by atoms with E-state index in [1.807, 2.05) is 13.0 Å². The third-order valence-electron chi connectivity index (χ3n) is 4.22. The quantitative estimate of drug-likeness (QED) is 0.315. The molecule has 2 aromatic rings. The third kappa shape index (κ3) is 6.95. The van der Waals surface area contributed by atoms with E-state index in [0.29, 0.717) is 41.9 Å². The van der Waals surface area contributed by atoms with E-state index in [2.05, 4.69) is 15.6 Å². The van der Waals surface area contributed by atoms with Crippen molar-refractivity contribution in [3.63, 3.8) is 0 Å². The summed E-state index contributed by atoms with van der Waals surface area (Å²) in [5.41, 5.74) is 2.46. The highest BCUT2D eigenvalue weighted by atomic mass is 127. The average Bonchev–Trinajstić information content (AvgIpc) is 2.71. The molecule has 6 nitrogen and oxygen atoms in total. The van der Waals surface area contributed by atoms with Crippen LogP contribution in [0.5, 0.6) is 17.2 Å². The van der Waals surface area contributed by atoms with Crippen LogP contribution < -0.4 is 24.8 Å². The second-order valence-corrected chi connectivity index (χ2v) is 6.15. The van der Waals surface area contributed by atoms with Crippen LogP contribution in [0.25, 0.3) is 0 Å². The molecule has 8 heteroatoms. The summed E-state index contributed by atoms with van der Waals surface area (Å²) in [4.78, 5) is 4.58. The van der Waals surface area contributed by atoms with E-state index in [0.717, 1.165) is 17.7 Å². The number of nitrogens with one attached hydrogen (secondary N) is 2. The van der Waals surface area contributed by atoms with E-state index in [-0.39, 0.29) is 29.8 Å². The molecule has 0 aliphatic heterocycles. The lowest BCUT2D eigenvalue weighted by Gasteiger charge is -2.16. The van der Waals surface area contributed by atoms with Crippen LogP contribution in [0.15, 0.2) is 35.3 Å². The molecule has 0 spiro atoms. The van der Waals surface area contributed by atoms with Crippen molar-refractivity contribution in [1.82, 2.24) is 10.6 Å². The molecule has 0 bridgehead atoms. The lowest BCUT2D eigenvalue weighted by molar-refractivity contribution is 0.347. The molecular formula is C21H29FIN3O3. The van der Waals surface area contributed by atoms with Crippen LogP contribution in [-0.4, -0.2) is 33.8 Å². The van der Waals surface area contributed by atoms with Crippen molar-refractivity contribution in [2.75, 3.05) is 27.9 Å². The average molecular weight is 517 g/mol. The summed E-state index contributed by atoms with van der Waals surface area (Å²) < 4.78 is 29.6. The van der Waals surface area contributed by atoms with Gasteiger partial charge in [0.1, 0.15) is 11.6 Å². The summed E-state index contributed by atoms with van der Waals surface area (Å²) >= 11 is 0. The van der Waals surface area contributed by atoms with Crippen LogP contribution in [0, 0.1) is 12.7 Å². The number of benzene rings is 2. The molecule has 0 radical (unpaired) electrons. The van der Waals surface area contributed by atoms with Gasteiger partial charge < -0.3 is 24.8 Å². The molecule has 0 unspecified atom stereocenters. The second-order valence-electron chi connectivity index (χ2n) is 6.15. The van der Waals surface area contributed by atoms with E-state index in [4.69, 9.17) is 14.2 Å². The van der Waals surface area contributed by atoms with Gasteiger partial charge in [-0.3, -0.25) is 0 Å². The second kappa shape index (κ2) is 12.4. The Labute approximate surface area is 188 Å². The van der Waals surface area contributed by atoms with Gasteiger partial charge in [0, 0.05) is 24.7 Å². The zero-order valence-electron chi connectivity index (χ0n) is 17.5. The first-order chi connectivity index (χ1) is 13.5. The van der Waals surface area contributed by atoms with Gasteiger partial charge in [0.25, 0.3) is 0 Å². The number of hydrogen-bond donors (Lipinski definition) is 2. The maximum absolute atomic E-state index is 13.4. The minimum Gasteiger partial charge on any atom is -0.496 e. The molecule has 29 heavy (non-hydrogen) atoms. The first kappa shape index (κ1) is 24.8. The van der Waals surface area contributed by atoms with Crippen molar-refractivity contribution >= 4 is 29.9 Å². The monoisotopic (exact) mass is 517 g/mol. The predicted octanol–water partition coefficient (Wildman–Crippen LogP) is 4.03. The fourth-order valence-electron chi connectivity index (χ4n) is 2.73. The highest BCUT2D eigenvalue weighted by molar-refractivity contribution is 14.0. The summed E-state index contributed by atoms with van der Waals surface area (Å²) in [7, 11) is 4.79. The van der Waals surface area contributed by atoms with Crippen LogP contribution in [0.2, 0.25) is 0 Å². The topological polar surface area (TPSA) is 64.1 Å². The highest BCUT2D eigenvalue weighted by Crippen LogP contribution is 2.34. The van der Waals surface area contributed by atoms with Gasteiger partial charge in [0.15, 0.2) is 17.5 Å². The van der Waals surface area contributed by atoms with Crippen LogP contribution >= 0.6 is 24.0 Å². The van der Waals surface area contributed by atoms with Crippen molar-refractivity contribution in [2.45, 2.75) is 26.9 Å². The van der Waals surface area contributed by atoms with Gasteiger partial charge in [-0.1, -0.05) is 12.1 Å². The lowest BCUT2D eigenvalue weighted by atomic mass is 10.1. The maximum atomic E-state index is 13.4. The largest absolute Gasteiger partial charge is 0.496 e. The lowest BCUT2D eigenvalue weighted by Crippen LogP contribution is -2.36. The molecule has 2 N–H and O–H groups in total. The molecule has 0 saturated heterocycles. The number of guanidine groups is 1. The predicted molar refractivity (Wildman–Crippen MR) is 124 cm³/mol. The van der Waals surface area contributed by atoms with Gasteiger partial charge in [0.2, 0.25) is 0 Å². The number of ether oxygens (including phenoxy) is 3. The Morgan fingerprint density at radius 2 is 1.62 bits per heavy atom. The van der Waals surface area contributed by atoms with E-state index >= 15 is 0 Å². The number of aliphatic imine (C=N–C) groups is 1. The van der Waals surface area contributed by atoms with Crippen LogP contribution in [-0.2, 0) is 13.1 Å². The molecule has 2 rings (SSSR count). The minimum atomic E-state index is -0.210. The number of aryl methyl sites for hydroxylation is 1. The first-order valence-electron chi connectivity index (χ1n) is 9.08. The molecule has 160 valence electrons. The number of rotatable bonds is 8. The Balaban J connectivity index is 0.00000420.